The van der Waals surface area contributed by atoms with Crippen molar-refractivity contribution in [2.24, 2.45) is 0 Å². The average molecular weight is 448 g/mol. The monoisotopic (exact) mass is 447 g/mol. The molecule has 0 saturated carbocycles. The van der Waals surface area contributed by atoms with Crippen molar-refractivity contribution in [3.8, 4) is 11.5 Å². The predicted octanol–water partition coefficient (Wildman–Crippen LogP) is 2.45. The molecule has 31 heavy (non-hydrogen) atoms. The van der Waals surface area contributed by atoms with E-state index in [-0.39, 0.29) is 17.3 Å². The van der Waals surface area contributed by atoms with Crippen molar-refractivity contribution in [3.05, 3.63) is 42.5 Å². The topological polar surface area (TPSA) is 114 Å². The van der Waals surface area contributed by atoms with Crippen LogP contribution in [0.1, 0.15) is 19.8 Å². The summed E-state index contributed by atoms with van der Waals surface area (Å²) in [7, 11) is -0.873. The molecule has 10 heteroatoms. The maximum atomic E-state index is 13.1. The van der Waals surface area contributed by atoms with Gasteiger partial charge in [0, 0.05) is 30.9 Å². The Kier molecular flexibility index (Phi) is 6.81. The van der Waals surface area contributed by atoms with Crippen molar-refractivity contribution in [1.29, 1.82) is 0 Å². The van der Waals surface area contributed by atoms with Gasteiger partial charge in [-0.05, 0) is 49.2 Å². The molecule has 1 aliphatic rings. The highest BCUT2D eigenvalue weighted by atomic mass is 32.2. The summed E-state index contributed by atoms with van der Waals surface area (Å²) in [4.78, 5) is 24.1. The highest BCUT2D eigenvalue weighted by Gasteiger charge is 2.39. The first-order valence-corrected chi connectivity index (χ1v) is 11.1. The third kappa shape index (κ3) is 4.97. The van der Waals surface area contributed by atoms with E-state index in [2.05, 4.69) is 10.6 Å². The Morgan fingerprint density at radius 2 is 1.61 bits per heavy atom. The quantitative estimate of drug-likeness (QED) is 0.674. The van der Waals surface area contributed by atoms with Gasteiger partial charge in [0.05, 0.1) is 19.1 Å². The number of nitrogens with zero attached hydrogens (tertiary/aromatic N) is 1. The molecular weight excluding hydrogens is 422 g/mol. The Bertz CT molecular complexity index is 1070. The Hall–Kier alpha value is -3.11. The molecule has 0 aromatic heterocycles. The summed E-state index contributed by atoms with van der Waals surface area (Å²) in [6, 6.07) is 9.98. The molecule has 1 aliphatic heterocycles. The third-order valence-electron chi connectivity index (χ3n) is 4.94. The van der Waals surface area contributed by atoms with E-state index in [1.54, 1.807) is 18.2 Å². The van der Waals surface area contributed by atoms with Crippen LogP contribution >= 0.6 is 0 Å². The van der Waals surface area contributed by atoms with Crippen LogP contribution in [0.2, 0.25) is 0 Å². The molecule has 0 spiro atoms. The number of carbonyl (C=O) groups is 2. The summed E-state index contributed by atoms with van der Waals surface area (Å²) in [5, 5.41) is 5.36. The van der Waals surface area contributed by atoms with Crippen molar-refractivity contribution in [3.63, 3.8) is 0 Å². The molecule has 1 saturated heterocycles. The van der Waals surface area contributed by atoms with Crippen molar-refractivity contribution >= 4 is 33.2 Å². The Balaban J connectivity index is 1.78. The van der Waals surface area contributed by atoms with Crippen LogP contribution in [0.15, 0.2) is 47.4 Å². The van der Waals surface area contributed by atoms with Gasteiger partial charge in [0.15, 0.2) is 11.5 Å². The van der Waals surface area contributed by atoms with Gasteiger partial charge in [-0.15, -0.1) is 0 Å². The first kappa shape index (κ1) is 22.6. The minimum Gasteiger partial charge on any atom is -0.493 e. The number of rotatable bonds is 7. The van der Waals surface area contributed by atoms with Crippen LogP contribution in [0.5, 0.6) is 11.5 Å². The summed E-state index contributed by atoms with van der Waals surface area (Å²) in [5.74, 6) is 0.314. The highest BCUT2D eigenvalue weighted by Crippen LogP contribution is 2.31. The first-order valence-electron chi connectivity index (χ1n) is 9.68. The minimum absolute atomic E-state index is 0.0624. The molecule has 1 unspecified atom stereocenters. The van der Waals surface area contributed by atoms with Gasteiger partial charge in [0.25, 0.3) is 0 Å². The van der Waals surface area contributed by atoms with Crippen molar-refractivity contribution in [2.75, 3.05) is 31.4 Å². The fraction of sp³-hybridized carbons (Fsp3) is 0.333. The molecule has 2 amide bonds. The summed E-state index contributed by atoms with van der Waals surface area (Å²) in [6.45, 7) is 1.62. The molecule has 2 aromatic rings. The number of ether oxygens (including phenoxy) is 2. The Morgan fingerprint density at radius 3 is 2.23 bits per heavy atom. The van der Waals surface area contributed by atoms with Crippen LogP contribution < -0.4 is 20.1 Å². The molecule has 9 nitrogen and oxygen atoms in total. The fourth-order valence-corrected chi connectivity index (χ4v) is 5.13. The number of amides is 2. The molecular formula is C21H25N3O6S. The second-order valence-corrected chi connectivity index (χ2v) is 8.93. The number of sulfonamides is 1. The lowest BCUT2D eigenvalue weighted by atomic mass is 10.2. The van der Waals surface area contributed by atoms with E-state index >= 15 is 0 Å². The van der Waals surface area contributed by atoms with Crippen LogP contribution in [-0.2, 0) is 19.6 Å². The molecule has 0 bridgehead atoms. The highest BCUT2D eigenvalue weighted by molar-refractivity contribution is 7.89. The lowest BCUT2D eigenvalue weighted by Gasteiger charge is -2.23. The molecule has 2 N–H and O–H groups in total. The standard InChI is InChI=1S/C21H25N3O6S/c1-14(25)22-15-6-9-17(10-7-15)31(27,28)24-12-4-5-18(24)21(26)23-16-8-11-19(29-2)20(13-16)30-3/h6-11,13,18H,4-5,12H2,1-3H3,(H,22,25)(H,23,26). The van der Waals surface area contributed by atoms with Gasteiger partial charge in [-0.2, -0.15) is 4.31 Å². The molecule has 3 rings (SSSR count). The van der Waals surface area contributed by atoms with E-state index in [4.69, 9.17) is 9.47 Å². The van der Waals surface area contributed by atoms with E-state index in [1.807, 2.05) is 0 Å². The summed E-state index contributed by atoms with van der Waals surface area (Å²) >= 11 is 0. The van der Waals surface area contributed by atoms with Gasteiger partial charge in [-0.25, -0.2) is 8.42 Å². The number of carbonyl (C=O) groups excluding carboxylic acids is 2. The second-order valence-electron chi connectivity index (χ2n) is 7.04. The number of hydrogen-bond acceptors (Lipinski definition) is 6. The predicted molar refractivity (Wildman–Crippen MR) is 116 cm³/mol. The van der Waals surface area contributed by atoms with E-state index in [9.17, 15) is 18.0 Å². The Labute approximate surface area is 181 Å². The van der Waals surface area contributed by atoms with Crippen LogP contribution in [0.3, 0.4) is 0 Å². The van der Waals surface area contributed by atoms with E-state index in [0.29, 0.717) is 35.7 Å². The molecule has 1 atom stereocenters. The molecule has 0 radical (unpaired) electrons. The van der Waals surface area contributed by atoms with Gasteiger partial charge >= 0.3 is 0 Å². The van der Waals surface area contributed by atoms with Gasteiger partial charge in [0.1, 0.15) is 6.04 Å². The van der Waals surface area contributed by atoms with Gasteiger partial charge < -0.3 is 20.1 Å². The van der Waals surface area contributed by atoms with Gasteiger partial charge in [-0.1, -0.05) is 0 Å². The average Bonchev–Trinajstić information content (AvgIpc) is 3.24. The zero-order chi connectivity index (χ0) is 22.6. The van der Waals surface area contributed by atoms with Crippen LogP contribution in [0.25, 0.3) is 0 Å². The minimum atomic E-state index is -3.88. The first-order chi connectivity index (χ1) is 14.8. The van der Waals surface area contributed by atoms with Crippen molar-refractivity contribution < 1.29 is 27.5 Å². The number of nitrogens with one attached hydrogen (secondary N) is 2. The molecule has 2 aromatic carbocycles. The summed E-state index contributed by atoms with van der Waals surface area (Å²) in [6.07, 6.45) is 0.996. The number of benzene rings is 2. The van der Waals surface area contributed by atoms with Crippen LogP contribution in [0.4, 0.5) is 11.4 Å². The third-order valence-corrected chi connectivity index (χ3v) is 6.86. The smallest absolute Gasteiger partial charge is 0.243 e. The molecule has 1 fully saturated rings. The normalized spacial score (nSPS) is 16.5. The van der Waals surface area contributed by atoms with Gasteiger partial charge in [-0.3, -0.25) is 9.59 Å². The zero-order valence-electron chi connectivity index (χ0n) is 17.5. The summed E-state index contributed by atoms with van der Waals surface area (Å²) < 4.78 is 37.9. The number of hydrogen-bond donors (Lipinski definition) is 2. The van der Waals surface area contributed by atoms with Crippen LogP contribution in [0, 0.1) is 0 Å². The lowest BCUT2D eigenvalue weighted by Crippen LogP contribution is -2.43. The zero-order valence-corrected chi connectivity index (χ0v) is 18.4. The van der Waals surface area contributed by atoms with Crippen LogP contribution in [-0.4, -0.2) is 51.3 Å². The van der Waals surface area contributed by atoms with E-state index in [1.165, 1.54) is 49.7 Å². The fourth-order valence-electron chi connectivity index (χ4n) is 3.48. The van der Waals surface area contributed by atoms with Crippen molar-refractivity contribution in [2.45, 2.75) is 30.7 Å². The molecule has 1 heterocycles. The van der Waals surface area contributed by atoms with Crippen molar-refractivity contribution in [1.82, 2.24) is 4.31 Å². The maximum absolute atomic E-state index is 13.1. The number of methoxy groups -OCH3 is 2. The van der Waals surface area contributed by atoms with E-state index < -0.39 is 22.0 Å². The van der Waals surface area contributed by atoms with Gasteiger partial charge in [0.2, 0.25) is 21.8 Å². The summed E-state index contributed by atoms with van der Waals surface area (Å²) in [5.41, 5.74) is 0.974. The largest absolute Gasteiger partial charge is 0.493 e. The molecule has 0 aliphatic carbocycles. The Morgan fingerprint density at radius 1 is 0.968 bits per heavy atom. The lowest BCUT2D eigenvalue weighted by molar-refractivity contribution is -0.119. The second kappa shape index (κ2) is 9.36. The number of anilines is 2. The molecule has 166 valence electrons. The maximum Gasteiger partial charge on any atom is 0.243 e. The SMILES string of the molecule is COc1ccc(NC(=O)C2CCCN2S(=O)(=O)c2ccc(NC(C)=O)cc2)cc1OC. The van der Waals surface area contributed by atoms with E-state index in [0.717, 1.165) is 0 Å².